The summed E-state index contributed by atoms with van der Waals surface area (Å²) < 4.78 is 32.9. The molecule has 0 fully saturated rings. The molecule has 2 rings (SSSR count). The number of rotatable bonds is 5. The summed E-state index contributed by atoms with van der Waals surface area (Å²) in [5, 5.41) is 9.08. The largest absolute Gasteiger partial charge is 0.480 e. The summed E-state index contributed by atoms with van der Waals surface area (Å²) in [6, 6.07) is 2.67. The number of oxazole rings is 1. The Kier molecular flexibility index (Phi) is 4.12. The van der Waals surface area contributed by atoms with Crippen LogP contribution >= 0.6 is 0 Å². The third-order valence-corrected chi connectivity index (χ3v) is 4.73. The lowest BCUT2D eigenvalue weighted by atomic mass is 10.1. The van der Waals surface area contributed by atoms with E-state index >= 15 is 0 Å². The second-order valence-electron chi connectivity index (χ2n) is 5.24. The van der Waals surface area contributed by atoms with Crippen molar-refractivity contribution in [2.24, 2.45) is 13.0 Å². The quantitative estimate of drug-likeness (QED) is 0.826. The minimum atomic E-state index is -4.05. The number of aromatic nitrogens is 1. The molecular formula is C13H16N2O6S. The first-order valence-corrected chi connectivity index (χ1v) is 7.96. The fourth-order valence-electron chi connectivity index (χ4n) is 1.99. The molecular weight excluding hydrogens is 312 g/mol. The minimum Gasteiger partial charge on any atom is -0.480 e. The maximum absolute atomic E-state index is 12.3. The summed E-state index contributed by atoms with van der Waals surface area (Å²) in [6.07, 6.45) is 0. The standard InChI is InChI=1S/C13H16N2O6S/c1-7(2)11(12(16)17)14-22(19,20)8-4-5-9-10(6-8)21-13(18)15(9)3/h4-7,11,14H,1-3H3,(H,16,17)/t11-/m0/s1. The van der Waals surface area contributed by atoms with Crippen molar-refractivity contribution in [3.63, 3.8) is 0 Å². The van der Waals surface area contributed by atoms with Crippen LogP contribution in [0.2, 0.25) is 0 Å². The van der Waals surface area contributed by atoms with Crippen molar-refractivity contribution >= 4 is 27.1 Å². The van der Waals surface area contributed by atoms with Crippen molar-refractivity contribution in [1.82, 2.24) is 9.29 Å². The highest BCUT2D eigenvalue weighted by molar-refractivity contribution is 7.89. The van der Waals surface area contributed by atoms with Gasteiger partial charge in [-0.2, -0.15) is 4.72 Å². The lowest BCUT2D eigenvalue weighted by Crippen LogP contribution is -2.44. The fourth-order valence-corrected chi connectivity index (χ4v) is 3.34. The van der Waals surface area contributed by atoms with E-state index in [9.17, 15) is 18.0 Å². The number of hydrogen-bond donors (Lipinski definition) is 2. The van der Waals surface area contributed by atoms with Crippen molar-refractivity contribution in [3.8, 4) is 0 Å². The molecule has 120 valence electrons. The number of carboxylic acids is 1. The zero-order valence-electron chi connectivity index (χ0n) is 12.2. The van der Waals surface area contributed by atoms with E-state index in [0.717, 1.165) is 0 Å². The highest BCUT2D eigenvalue weighted by Gasteiger charge is 2.28. The Hall–Kier alpha value is -2.13. The van der Waals surface area contributed by atoms with Gasteiger partial charge in [0.25, 0.3) is 0 Å². The summed E-state index contributed by atoms with van der Waals surface area (Å²) in [4.78, 5) is 22.4. The van der Waals surface area contributed by atoms with Crippen molar-refractivity contribution < 1.29 is 22.7 Å². The van der Waals surface area contributed by atoms with Gasteiger partial charge in [0.05, 0.1) is 10.4 Å². The van der Waals surface area contributed by atoms with E-state index < -0.39 is 33.7 Å². The van der Waals surface area contributed by atoms with Gasteiger partial charge in [0.15, 0.2) is 5.58 Å². The summed E-state index contributed by atoms with van der Waals surface area (Å²) in [6.45, 7) is 3.20. The molecule has 1 heterocycles. The second kappa shape index (κ2) is 5.58. The van der Waals surface area contributed by atoms with E-state index in [4.69, 9.17) is 9.52 Å². The Morgan fingerprint density at radius 3 is 2.55 bits per heavy atom. The molecule has 0 bridgehead atoms. The maximum atomic E-state index is 12.3. The molecule has 1 aromatic carbocycles. The highest BCUT2D eigenvalue weighted by atomic mass is 32.2. The van der Waals surface area contributed by atoms with E-state index in [2.05, 4.69) is 4.72 Å². The molecule has 1 atom stereocenters. The number of aryl methyl sites for hydroxylation is 1. The van der Waals surface area contributed by atoms with Crippen LogP contribution in [0.25, 0.3) is 11.1 Å². The number of benzene rings is 1. The van der Waals surface area contributed by atoms with Gasteiger partial charge in [0.1, 0.15) is 6.04 Å². The average Bonchev–Trinajstić information content (AvgIpc) is 2.70. The summed E-state index contributed by atoms with van der Waals surface area (Å²) >= 11 is 0. The number of aliphatic carboxylic acids is 1. The zero-order valence-corrected chi connectivity index (χ0v) is 13.0. The minimum absolute atomic E-state index is 0.117. The topological polar surface area (TPSA) is 119 Å². The monoisotopic (exact) mass is 328 g/mol. The van der Waals surface area contributed by atoms with Crippen LogP contribution in [-0.2, 0) is 21.9 Å². The number of fused-ring (bicyclic) bond motifs is 1. The third kappa shape index (κ3) is 2.90. The molecule has 0 aliphatic carbocycles. The molecule has 0 aliphatic rings. The average molecular weight is 328 g/mol. The van der Waals surface area contributed by atoms with Gasteiger partial charge in [-0.15, -0.1) is 0 Å². The number of hydrogen-bond acceptors (Lipinski definition) is 5. The van der Waals surface area contributed by atoms with E-state index in [1.54, 1.807) is 13.8 Å². The molecule has 8 nitrogen and oxygen atoms in total. The Bertz CT molecular complexity index is 878. The lowest BCUT2D eigenvalue weighted by molar-refractivity contribution is -0.140. The number of sulfonamides is 1. The maximum Gasteiger partial charge on any atom is 0.419 e. The first-order valence-electron chi connectivity index (χ1n) is 6.48. The van der Waals surface area contributed by atoms with Gasteiger partial charge in [-0.05, 0) is 18.1 Å². The normalized spacial score (nSPS) is 13.6. The van der Waals surface area contributed by atoms with Crippen molar-refractivity contribution in [1.29, 1.82) is 0 Å². The molecule has 0 amide bonds. The van der Waals surface area contributed by atoms with Gasteiger partial charge >= 0.3 is 11.7 Å². The number of carboxylic acid groups (broad SMARTS) is 1. The Balaban J connectivity index is 2.45. The number of nitrogens with zero attached hydrogens (tertiary/aromatic N) is 1. The molecule has 2 N–H and O–H groups in total. The Morgan fingerprint density at radius 2 is 2.00 bits per heavy atom. The second-order valence-corrected chi connectivity index (χ2v) is 6.95. The van der Waals surface area contributed by atoms with Gasteiger partial charge in [-0.25, -0.2) is 13.2 Å². The van der Waals surface area contributed by atoms with E-state index in [1.807, 2.05) is 0 Å². The van der Waals surface area contributed by atoms with Crippen LogP contribution in [0.5, 0.6) is 0 Å². The van der Waals surface area contributed by atoms with Crippen LogP contribution in [0.3, 0.4) is 0 Å². The van der Waals surface area contributed by atoms with Gasteiger partial charge in [-0.1, -0.05) is 13.8 Å². The Morgan fingerprint density at radius 1 is 1.36 bits per heavy atom. The van der Waals surface area contributed by atoms with Crippen LogP contribution < -0.4 is 10.5 Å². The SMILES string of the molecule is CC(C)[C@H](NS(=O)(=O)c1ccc2c(c1)oc(=O)n2C)C(=O)O. The first-order chi connectivity index (χ1) is 10.1. The van der Waals surface area contributed by atoms with E-state index in [0.29, 0.717) is 5.52 Å². The van der Waals surface area contributed by atoms with Crippen LogP contribution in [0.15, 0.2) is 32.3 Å². The summed E-state index contributed by atoms with van der Waals surface area (Å²) in [5.41, 5.74) is 0.564. The predicted molar refractivity (Wildman–Crippen MR) is 78.0 cm³/mol. The van der Waals surface area contributed by atoms with Gasteiger partial charge in [-0.3, -0.25) is 9.36 Å². The molecule has 0 saturated carbocycles. The molecule has 2 aromatic rings. The van der Waals surface area contributed by atoms with Crippen LogP contribution in [0.4, 0.5) is 0 Å². The van der Waals surface area contributed by atoms with Crippen molar-refractivity contribution in [3.05, 3.63) is 28.7 Å². The van der Waals surface area contributed by atoms with Crippen LogP contribution in [-0.4, -0.2) is 30.1 Å². The molecule has 9 heteroatoms. The molecule has 0 radical (unpaired) electrons. The van der Waals surface area contributed by atoms with Gasteiger partial charge < -0.3 is 9.52 Å². The van der Waals surface area contributed by atoms with E-state index in [1.165, 1.54) is 29.8 Å². The van der Waals surface area contributed by atoms with Crippen molar-refractivity contribution in [2.45, 2.75) is 24.8 Å². The molecule has 0 unspecified atom stereocenters. The Labute approximate surface area is 126 Å². The van der Waals surface area contributed by atoms with Crippen LogP contribution in [0.1, 0.15) is 13.8 Å². The highest BCUT2D eigenvalue weighted by Crippen LogP contribution is 2.19. The molecule has 0 saturated heterocycles. The first kappa shape index (κ1) is 16.2. The van der Waals surface area contributed by atoms with E-state index in [-0.39, 0.29) is 10.5 Å². The zero-order chi connectivity index (χ0) is 16.7. The molecule has 0 spiro atoms. The summed E-state index contributed by atoms with van der Waals surface area (Å²) in [5.74, 6) is -2.29. The predicted octanol–water partition coefficient (Wildman–Crippen LogP) is 0.519. The summed E-state index contributed by atoms with van der Waals surface area (Å²) in [7, 11) is -2.55. The van der Waals surface area contributed by atoms with Gasteiger partial charge in [0, 0.05) is 13.1 Å². The number of carbonyl (C=O) groups is 1. The smallest absolute Gasteiger partial charge is 0.419 e. The molecule has 1 aromatic heterocycles. The molecule has 0 aliphatic heterocycles. The number of nitrogens with one attached hydrogen (secondary N) is 1. The van der Waals surface area contributed by atoms with Crippen LogP contribution in [0, 0.1) is 5.92 Å². The molecule has 22 heavy (non-hydrogen) atoms. The van der Waals surface area contributed by atoms with Gasteiger partial charge in [0.2, 0.25) is 10.0 Å². The third-order valence-electron chi connectivity index (χ3n) is 3.29. The lowest BCUT2D eigenvalue weighted by Gasteiger charge is -2.17. The fraction of sp³-hybridized carbons (Fsp3) is 0.385. The van der Waals surface area contributed by atoms with Crippen molar-refractivity contribution in [2.75, 3.05) is 0 Å².